The maximum Gasteiger partial charge on any atom is 0.0589 e. The Labute approximate surface area is 125 Å². The van der Waals surface area contributed by atoms with Gasteiger partial charge in [-0.2, -0.15) is 0 Å². The zero-order chi connectivity index (χ0) is 15.0. The Bertz CT molecular complexity index is 251. The number of hydrogen-bond donors (Lipinski definition) is 1. The van der Waals surface area contributed by atoms with Gasteiger partial charge >= 0.3 is 0 Å². The van der Waals surface area contributed by atoms with Crippen LogP contribution in [-0.4, -0.2) is 64.6 Å². The van der Waals surface area contributed by atoms with Crippen LogP contribution in [0.25, 0.3) is 0 Å². The Kier molecular flexibility index (Phi) is 8.03. The highest BCUT2D eigenvalue weighted by Gasteiger charge is 2.41. The van der Waals surface area contributed by atoms with E-state index in [1.54, 1.807) is 14.2 Å². The van der Waals surface area contributed by atoms with Gasteiger partial charge in [0, 0.05) is 39.9 Å². The lowest BCUT2D eigenvalue weighted by atomic mass is 9.84. The van der Waals surface area contributed by atoms with Gasteiger partial charge in [0.15, 0.2) is 0 Å². The summed E-state index contributed by atoms with van der Waals surface area (Å²) >= 11 is 0. The Hall–Kier alpha value is -0.160. The second kappa shape index (κ2) is 8.98. The van der Waals surface area contributed by atoms with Gasteiger partial charge in [-0.25, -0.2) is 0 Å². The summed E-state index contributed by atoms with van der Waals surface area (Å²) < 4.78 is 10.5. The summed E-state index contributed by atoms with van der Waals surface area (Å²) in [7, 11) is 3.54. The van der Waals surface area contributed by atoms with E-state index in [4.69, 9.17) is 9.47 Å². The fraction of sp³-hybridized carbons (Fsp3) is 1.00. The van der Waals surface area contributed by atoms with Crippen LogP contribution in [0.1, 0.15) is 33.6 Å². The van der Waals surface area contributed by atoms with Crippen molar-refractivity contribution < 1.29 is 9.47 Å². The first-order valence-corrected chi connectivity index (χ1v) is 7.98. The van der Waals surface area contributed by atoms with Gasteiger partial charge in [-0.15, -0.1) is 0 Å². The Balaban J connectivity index is 2.56. The fourth-order valence-corrected chi connectivity index (χ4v) is 3.44. The van der Waals surface area contributed by atoms with Crippen molar-refractivity contribution in [2.75, 3.05) is 53.6 Å². The van der Waals surface area contributed by atoms with Gasteiger partial charge in [-0.05, 0) is 30.7 Å². The molecule has 1 N–H and O–H groups in total. The van der Waals surface area contributed by atoms with E-state index in [0.29, 0.717) is 11.5 Å². The topological polar surface area (TPSA) is 33.7 Å². The molecule has 0 heterocycles. The van der Waals surface area contributed by atoms with Crippen molar-refractivity contribution in [2.24, 2.45) is 11.3 Å². The molecule has 0 spiro atoms. The molecule has 1 saturated carbocycles. The van der Waals surface area contributed by atoms with E-state index in [1.807, 2.05) is 0 Å². The third-order valence-electron chi connectivity index (χ3n) is 4.61. The highest BCUT2D eigenvalue weighted by Crippen LogP contribution is 2.41. The lowest BCUT2D eigenvalue weighted by Gasteiger charge is -2.34. The summed E-state index contributed by atoms with van der Waals surface area (Å²) in [5.74, 6) is 0.735. The van der Waals surface area contributed by atoms with Crippen LogP contribution < -0.4 is 5.32 Å². The number of ether oxygens (including phenoxy) is 2. The summed E-state index contributed by atoms with van der Waals surface area (Å²) in [5.41, 5.74) is 0.412. The first-order chi connectivity index (χ1) is 9.55. The molecule has 0 radical (unpaired) electrons. The monoisotopic (exact) mass is 286 g/mol. The first kappa shape index (κ1) is 17.9. The van der Waals surface area contributed by atoms with Crippen LogP contribution in [0.2, 0.25) is 0 Å². The average molecular weight is 286 g/mol. The number of rotatable bonds is 10. The smallest absolute Gasteiger partial charge is 0.0589 e. The molecule has 0 amide bonds. The Morgan fingerprint density at radius 3 is 2.25 bits per heavy atom. The van der Waals surface area contributed by atoms with Crippen molar-refractivity contribution in [2.45, 2.75) is 39.7 Å². The third kappa shape index (κ3) is 5.32. The number of methoxy groups -OCH3 is 2. The van der Waals surface area contributed by atoms with E-state index in [2.05, 4.69) is 31.0 Å². The number of nitrogens with one attached hydrogen (secondary N) is 1. The van der Waals surface area contributed by atoms with Gasteiger partial charge < -0.3 is 14.8 Å². The minimum Gasteiger partial charge on any atom is -0.383 e. The quantitative estimate of drug-likeness (QED) is 0.666. The van der Waals surface area contributed by atoms with Gasteiger partial charge in [0.25, 0.3) is 0 Å². The fourth-order valence-electron chi connectivity index (χ4n) is 3.44. The molecular formula is C16H34N2O2. The highest BCUT2D eigenvalue weighted by molar-refractivity contribution is 4.97. The first-order valence-electron chi connectivity index (χ1n) is 7.98. The minimum atomic E-state index is 0.412. The van der Waals surface area contributed by atoms with Crippen LogP contribution in [0.5, 0.6) is 0 Å². The van der Waals surface area contributed by atoms with Crippen molar-refractivity contribution >= 4 is 0 Å². The zero-order valence-corrected chi connectivity index (χ0v) is 14.1. The molecular weight excluding hydrogens is 252 g/mol. The molecule has 2 unspecified atom stereocenters. The summed E-state index contributed by atoms with van der Waals surface area (Å²) in [5, 5.41) is 3.71. The Morgan fingerprint density at radius 1 is 1.15 bits per heavy atom. The summed E-state index contributed by atoms with van der Waals surface area (Å²) in [6.07, 6.45) is 2.64. The van der Waals surface area contributed by atoms with Gasteiger partial charge in [-0.1, -0.05) is 20.8 Å². The molecule has 0 aromatic carbocycles. The highest BCUT2D eigenvalue weighted by atomic mass is 16.5. The molecule has 0 bridgehead atoms. The molecule has 1 aliphatic carbocycles. The standard InChI is InChI=1S/C16H34N2O2/c1-6-17-15-14(7-8-16(15,2)3)13-18(9-11-19-4)10-12-20-5/h14-15,17H,6-13H2,1-5H3. The van der Waals surface area contributed by atoms with E-state index in [9.17, 15) is 0 Å². The van der Waals surface area contributed by atoms with E-state index < -0.39 is 0 Å². The maximum atomic E-state index is 5.23. The molecule has 0 aromatic heterocycles. The van der Waals surface area contributed by atoms with E-state index in [1.165, 1.54) is 12.8 Å². The lowest BCUT2D eigenvalue weighted by Crippen LogP contribution is -2.46. The number of nitrogens with zero attached hydrogens (tertiary/aromatic N) is 1. The lowest BCUT2D eigenvalue weighted by molar-refractivity contribution is 0.0971. The van der Waals surface area contributed by atoms with E-state index in [0.717, 1.165) is 45.3 Å². The molecule has 0 aromatic rings. The van der Waals surface area contributed by atoms with Crippen LogP contribution in [0.15, 0.2) is 0 Å². The van der Waals surface area contributed by atoms with Crippen LogP contribution in [-0.2, 0) is 9.47 Å². The number of hydrogen-bond acceptors (Lipinski definition) is 4. The molecule has 4 heteroatoms. The maximum absolute atomic E-state index is 5.23. The predicted molar refractivity (Wildman–Crippen MR) is 84.2 cm³/mol. The molecule has 4 nitrogen and oxygen atoms in total. The van der Waals surface area contributed by atoms with Crippen LogP contribution in [0.4, 0.5) is 0 Å². The van der Waals surface area contributed by atoms with Crippen molar-refractivity contribution in [3.05, 3.63) is 0 Å². The van der Waals surface area contributed by atoms with Crippen LogP contribution >= 0.6 is 0 Å². The summed E-state index contributed by atoms with van der Waals surface area (Å²) in [6, 6.07) is 0.625. The van der Waals surface area contributed by atoms with Crippen molar-refractivity contribution in [1.82, 2.24) is 10.2 Å². The van der Waals surface area contributed by atoms with Crippen LogP contribution in [0.3, 0.4) is 0 Å². The molecule has 20 heavy (non-hydrogen) atoms. The van der Waals surface area contributed by atoms with Crippen molar-refractivity contribution in [3.63, 3.8) is 0 Å². The summed E-state index contributed by atoms with van der Waals surface area (Å²) in [4.78, 5) is 2.49. The second-order valence-corrected chi connectivity index (χ2v) is 6.61. The minimum absolute atomic E-state index is 0.412. The molecule has 1 aliphatic rings. The summed E-state index contributed by atoms with van der Waals surface area (Å²) in [6.45, 7) is 12.8. The molecule has 2 atom stereocenters. The van der Waals surface area contributed by atoms with Crippen molar-refractivity contribution in [3.8, 4) is 0 Å². The molecule has 120 valence electrons. The molecule has 1 fully saturated rings. The molecule has 0 saturated heterocycles. The van der Waals surface area contributed by atoms with E-state index in [-0.39, 0.29) is 0 Å². The predicted octanol–water partition coefficient (Wildman–Crippen LogP) is 2.00. The van der Waals surface area contributed by atoms with Crippen LogP contribution in [0, 0.1) is 11.3 Å². The van der Waals surface area contributed by atoms with Crippen molar-refractivity contribution in [1.29, 1.82) is 0 Å². The average Bonchev–Trinajstić information content (AvgIpc) is 2.69. The third-order valence-corrected chi connectivity index (χ3v) is 4.61. The van der Waals surface area contributed by atoms with Gasteiger partial charge in [-0.3, -0.25) is 4.90 Å². The SMILES string of the molecule is CCNC1C(CN(CCOC)CCOC)CCC1(C)C. The van der Waals surface area contributed by atoms with Gasteiger partial charge in [0.2, 0.25) is 0 Å². The second-order valence-electron chi connectivity index (χ2n) is 6.61. The van der Waals surface area contributed by atoms with Gasteiger partial charge in [0.05, 0.1) is 13.2 Å². The molecule has 0 aliphatic heterocycles. The largest absolute Gasteiger partial charge is 0.383 e. The molecule has 1 rings (SSSR count). The Morgan fingerprint density at radius 2 is 1.75 bits per heavy atom. The normalized spacial score (nSPS) is 25.5. The van der Waals surface area contributed by atoms with E-state index >= 15 is 0 Å². The van der Waals surface area contributed by atoms with Gasteiger partial charge in [0.1, 0.15) is 0 Å². The zero-order valence-electron chi connectivity index (χ0n) is 14.1.